The lowest BCUT2D eigenvalue weighted by molar-refractivity contribution is -0.188. The first-order chi connectivity index (χ1) is 28.5. The SMILES string of the molecule is CCCCC/C=C\C/C=C\C/C=C\C/C=C\CCCC(=O)O[C@@H](COC(=O)CCCCCCCCCCCCCCCCC)COC(=O)[C@]12CC[C@](C)(C(=O)O1)C2(C)C. The quantitative estimate of drug-likeness (QED) is 0.0266. The zero-order chi connectivity index (χ0) is 43.1. The van der Waals surface area contributed by atoms with Gasteiger partial charge in [-0.15, -0.1) is 0 Å². The van der Waals surface area contributed by atoms with Gasteiger partial charge in [-0.25, -0.2) is 4.79 Å². The average molecular weight is 825 g/mol. The van der Waals surface area contributed by atoms with Crippen LogP contribution in [0.3, 0.4) is 0 Å². The van der Waals surface area contributed by atoms with E-state index in [-0.39, 0.29) is 25.6 Å². The minimum absolute atomic E-state index is 0.183. The number of ether oxygens (including phenoxy) is 4. The smallest absolute Gasteiger partial charge is 0.351 e. The lowest BCUT2D eigenvalue weighted by atomic mass is 9.66. The molecule has 1 saturated heterocycles. The molecule has 0 amide bonds. The molecule has 1 heterocycles. The van der Waals surface area contributed by atoms with Crippen molar-refractivity contribution in [3.8, 4) is 0 Å². The molecule has 0 aromatic carbocycles. The number of carbonyl (C=O) groups is 4. The topological polar surface area (TPSA) is 105 Å². The molecule has 2 fully saturated rings. The van der Waals surface area contributed by atoms with Gasteiger partial charge in [0.2, 0.25) is 5.60 Å². The Bertz CT molecular complexity index is 1310. The number of carbonyl (C=O) groups excluding carboxylic acids is 4. The standard InChI is InChI=1S/C51H84O8/c1-6-8-10-12-14-16-18-20-22-23-25-27-29-31-33-35-37-39-46(53)58-44(43-57-48(55)51-41-40-50(5,47(54)59-51)49(51,3)4)42-56-45(52)38-36-34-32-30-28-26-24-21-19-17-15-13-11-9-7-2/h14,16,20,22,25,27,31,33,44H,6-13,15,17-19,21,23-24,26,28-30,32,34-43H2,1-5H3/b16-14-,22-20-,27-25-,33-31-/t44-,50+,51-/m0/s1. The first-order valence-electron chi connectivity index (χ1n) is 23.9. The van der Waals surface area contributed by atoms with Crippen LogP contribution in [0, 0.1) is 10.8 Å². The zero-order valence-electron chi connectivity index (χ0n) is 38.2. The highest BCUT2D eigenvalue weighted by atomic mass is 16.6. The summed E-state index contributed by atoms with van der Waals surface area (Å²) < 4.78 is 22.6. The van der Waals surface area contributed by atoms with Crippen molar-refractivity contribution in [2.45, 2.75) is 226 Å². The molecule has 0 unspecified atom stereocenters. The molecule has 1 aliphatic carbocycles. The Hall–Kier alpha value is -3.16. The van der Waals surface area contributed by atoms with E-state index in [2.05, 4.69) is 62.5 Å². The molecular weight excluding hydrogens is 741 g/mol. The summed E-state index contributed by atoms with van der Waals surface area (Å²) in [6.45, 7) is 9.55. The minimum Gasteiger partial charge on any atom is -0.462 e. The number of fused-ring (bicyclic) bond motifs is 2. The Balaban J connectivity index is 1.70. The van der Waals surface area contributed by atoms with Crippen LogP contribution in [0.15, 0.2) is 48.6 Å². The zero-order valence-corrected chi connectivity index (χ0v) is 38.2. The van der Waals surface area contributed by atoms with Crippen LogP contribution >= 0.6 is 0 Å². The third-order valence-corrected chi connectivity index (χ3v) is 12.7. The molecule has 59 heavy (non-hydrogen) atoms. The van der Waals surface area contributed by atoms with Crippen LogP contribution in [-0.4, -0.2) is 48.8 Å². The summed E-state index contributed by atoms with van der Waals surface area (Å²) in [6.07, 6.45) is 45.6. The summed E-state index contributed by atoms with van der Waals surface area (Å²) in [5, 5.41) is 0. The number of allylic oxidation sites excluding steroid dienone is 8. The highest BCUT2D eigenvalue weighted by molar-refractivity contribution is 5.93. The van der Waals surface area contributed by atoms with Gasteiger partial charge in [0.1, 0.15) is 13.2 Å². The van der Waals surface area contributed by atoms with E-state index in [0.29, 0.717) is 25.7 Å². The monoisotopic (exact) mass is 825 g/mol. The fourth-order valence-corrected chi connectivity index (χ4v) is 8.17. The van der Waals surface area contributed by atoms with Crippen LogP contribution in [0.1, 0.15) is 214 Å². The number of unbranched alkanes of at least 4 members (excludes halogenated alkanes) is 18. The van der Waals surface area contributed by atoms with Crippen LogP contribution in [0.25, 0.3) is 0 Å². The van der Waals surface area contributed by atoms with Crippen molar-refractivity contribution in [2.75, 3.05) is 13.2 Å². The van der Waals surface area contributed by atoms with Crippen molar-refractivity contribution in [2.24, 2.45) is 10.8 Å². The van der Waals surface area contributed by atoms with Gasteiger partial charge >= 0.3 is 23.9 Å². The summed E-state index contributed by atoms with van der Waals surface area (Å²) in [6, 6.07) is 0. The van der Waals surface area contributed by atoms with Gasteiger partial charge < -0.3 is 18.9 Å². The Morgan fingerprint density at radius 2 is 1.00 bits per heavy atom. The number of esters is 4. The fraction of sp³-hybridized carbons (Fsp3) is 0.765. The summed E-state index contributed by atoms with van der Waals surface area (Å²) >= 11 is 0. The summed E-state index contributed by atoms with van der Waals surface area (Å²) in [7, 11) is 0. The van der Waals surface area contributed by atoms with Crippen LogP contribution in [0.2, 0.25) is 0 Å². The first kappa shape index (κ1) is 52.0. The summed E-state index contributed by atoms with van der Waals surface area (Å²) in [5.41, 5.74) is -2.92. The molecule has 8 nitrogen and oxygen atoms in total. The second-order valence-corrected chi connectivity index (χ2v) is 17.7. The van der Waals surface area contributed by atoms with Gasteiger partial charge in [0.05, 0.1) is 5.41 Å². The van der Waals surface area contributed by atoms with Crippen molar-refractivity contribution >= 4 is 23.9 Å². The fourth-order valence-electron chi connectivity index (χ4n) is 8.17. The Morgan fingerprint density at radius 1 is 0.559 bits per heavy atom. The van der Waals surface area contributed by atoms with Crippen LogP contribution in [0.5, 0.6) is 0 Å². The maximum Gasteiger partial charge on any atom is 0.351 e. The Labute approximate surface area is 359 Å². The molecule has 336 valence electrons. The molecule has 1 aliphatic heterocycles. The lowest BCUT2D eigenvalue weighted by Gasteiger charge is -2.34. The summed E-state index contributed by atoms with van der Waals surface area (Å²) in [4.78, 5) is 51.8. The lowest BCUT2D eigenvalue weighted by Crippen LogP contribution is -2.49. The van der Waals surface area contributed by atoms with Gasteiger partial charge in [-0.05, 0) is 71.1 Å². The maximum absolute atomic E-state index is 13.5. The first-order valence-corrected chi connectivity index (χ1v) is 23.9. The molecule has 0 spiro atoms. The largest absolute Gasteiger partial charge is 0.462 e. The van der Waals surface area contributed by atoms with Gasteiger partial charge in [0.25, 0.3) is 0 Å². The van der Waals surface area contributed by atoms with Crippen LogP contribution < -0.4 is 0 Å². The third-order valence-electron chi connectivity index (χ3n) is 12.7. The van der Waals surface area contributed by atoms with Crippen LogP contribution in [0.4, 0.5) is 0 Å². The third kappa shape index (κ3) is 19.4. The molecule has 2 bridgehead atoms. The normalized spacial score (nSPS) is 20.3. The predicted octanol–water partition coefficient (Wildman–Crippen LogP) is 13.5. The second kappa shape index (κ2) is 30.8. The van der Waals surface area contributed by atoms with E-state index in [9.17, 15) is 19.2 Å². The highest BCUT2D eigenvalue weighted by Gasteiger charge is 2.76. The van der Waals surface area contributed by atoms with E-state index < -0.39 is 40.4 Å². The molecule has 3 atom stereocenters. The molecule has 2 aliphatic rings. The van der Waals surface area contributed by atoms with Gasteiger partial charge in [-0.1, -0.05) is 179 Å². The number of rotatable bonds is 36. The van der Waals surface area contributed by atoms with E-state index in [4.69, 9.17) is 18.9 Å². The van der Waals surface area contributed by atoms with Crippen molar-refractivity contribution in [1.82, 2.24) is 0 Å². The van der Waals surface area contributed by atoms with E-state index in [0.717, 1.165) is 44.9 Å². The predicted molar refractivity (Wildman–Crippen MR) is 240 cm³/mol. The van der Waals surface area contributed by atoms with Crippen LogP contribution in [-0.2, 0) is 38.1 Å². The maximum atomic E-state index is 13.5. The van der Waals surface area contributed by atoms with Crippen molar-refractivity contribution < 1.29 is 38.1 Å². The van der Waals surface area contributed by atoms with Crippen molar-refractivity contribution in [3.63, 3.8) is 0 Å². The molecule has 0 aromatic rings. The van der Waals surface area contributed by atoms with Gasteiger partial charge in [0.15, 0.2) is 6.10 Å². The van der Waals surface area contributed by atoms with E-state index >= 15 is 0 Å². The molecular formula is C51H84O8. The van der Waals surface area contributed by atoms with Gasteiger partial charge in [0, 0.05) is 18.3 Å². The Morgan fingerprint density at radius 3 is 1.49 bits per heavy atom. The molecule has 8 heteroatoms. The molecule has 0 aromatic heterocycles. The van der Waals surface area contributed by atoms with Gasteiger partial charge in [-0.3, -0.25) is 14.4 Å². The second-order valence-electron chi connectivity index (χ2n) is 17.7. The number of hydrogen-bond acceptors (Lipinski definition) is 8. The highest BCUT2D eigenvalue weighted by Crippen LogP contribution is 2.65. The van der Waals surface area contributed by atoms with Crippen molar-refractivity contribution in [3.05, 3.63) is 48.6 Å². The van der Waals surface area contributed by atoms with E-state index in [1.807, 2.05) is 20.8 Å². The molecule has 0 radical (unpaired) electrons. The molecule has 0 N–H and O–H groups in total. The summed E-state index contributed by atoms with van der Waals surface area (Å²) in [5.74, 6) is -1.85. The minimum atomic E-state index is -1.39. The van der Waals surface area contributed by atoms with Gasteiger partial charge in [-0.2, -0.15) is 0 Å². The van der Waals surface area contributed by atoms with Crippen molar-refractivity contribution in [1.29, 1.82) is 0 Å². The Kier molecular flexibility index (Phi) is 27.1. The molecule has 1 saturated carbocycles. The number of hydrogen-bond donors (Lipinski definition) is 0. The van der Waals surface area contributed by atoms with E-state index in [1.54, 1.807) is 0 Å². The van der Waals surface area contributed by atoms with E-state index in [1.165, 1.54) is 103 Å². The average Bonchev–Trinajstić information content (AvgIpc) is 3.51. The molecule has 2 rings (SSSR count).